The number of aliphatic hydroxyl groups excluding tert-OH is 2. The lowest BCUT2D eigenvalue weighted by atomic mass is 10.0. The first-order chi connectivity index (χ1) is 38.7. The molecule has 0 aromatic heterocycles. The molecule has 0 aliphatic carbocycles. The minimum absolute atomic E-state index is 0.0270. The van der Waals surface area contributed by atoms with Gasteiger partial charge in [-0.25, -0.2) is 0 Å². The molecule has 2 atom stereocenters. The highest BCUT2D eigenvalue weighted by molar-refractivity contribution is 5.76. The van der Waals surface area contributed by atoms with E-state index in [2.05, 4.69) is 92.1 Å². The van der Waals surface area contributed by atoms with Crippen LogP contribution in [0.4, 0.5) is 0 Å². The van der Waals surface area contributed by atoms with E-state index in [4.69, 9.17) is 0 Å². The number of carbonyl (C=O) groups excluding carboxylic acids is 1. The maximum atomic E-state index is 12.6. The second-order valence-electron chi connectivity index (χ2n) is 23.9. The standard InChI is InChI=1S/C74H137NO3/c1-3-5-7-9-11-13-15-17-19-21-23-25-27-29-31-33-35-36-37-38-40-42-44-46-48-50-52-54-56-58-60-62-64-66-68-70-74(78)75-72(71-76)73(77)69-67-65-63-61-59-57-55-53-51-49-47-45-43-41-39-34-32-30-28-26-24-22-20-18-16-14-12-10-8-6-4-2/h5,7,11,13,17,19,23,25,29,31,35-36,72-73,76-77H,3-4,6,8-10,12,14-16,18,20-22,24,26-28,30,32-34,37-71H2,1-2H3,(H,75,78)/b7-5-,13-11-,19-17-,25-23-,31-29-,36-35-. The quantitative estimate of drug-likeness (QED) is 0.0420. The highest BCUT2D eigenvalue weighted by Gasteiger charge is 2.20. The Morgan fingerprint density at radius 2 is 0.564 bits per heavy atom. The summed E-state index contributed by atoms with van der Waals surface area (Å²) >= 11 is 0. The first-order valence-electron chi connectivity index (χ1n) is 35.1. The van der Waals surface area contributed by atoms with Gasteiger partial charge < -0.3 is 15.5 Å². The average Bonchev–Trinajstić information content (AvgIpc) is 3.44. The van der Waals surface area contributed by atoms with Gasteiger partial charge in [0.2, 0.25) is 5.91 Å². The molecule has 0 spiro atoms. The second kappa shape index (κ2) is 69.1. The molecule has 0 rings (SSSR count). The molecule has 0 radical (unpaired) electrons. The van der Waals surface area contributed by atoms with Crippen molar-refractivity contribution in [2.24, 2.45) is 0 Å². The van der Waals surface area contributed by atoms with Crippen LogP contribution in [-0.2, 0) is 4.79 Å². The van der Waals surface area contributed by atoms with Gasteiger partial charge in [-0.3, -0.25) is 4.79 Å². The predicted molar refractivity (Wildman–Crippen MR) is 350 cm³/mol. The molecule has 456 valence electrons. The van der Waals surface area contributed by atoms with Crippen LogP contribution in [0.25, 0.3) is 0 Å². The zero-order valence-corrected chi connectivity index (χ0v) is 52.7. The summed E-state index contributed by atoms with van der Waals surface area (Å²) < 4.78 is 0. The number of unbranched alkanes of at least 4 members (excludes halogenated alkanes) is 46. The lowest BCUT2D eigenvalue weighted by molar-refractivity contribution is -0.123. The van der Waals surface area contributed by atoms with Crippen LogP contribution < -0.4 is 5.32 Å². The third-order valence-electron chi connectivity index (χ3n) is 16.2. The molecule has 2 unspecified atom stereocenters. The Kier molecular flexibility index (Phi) is 67.2. The maximum Gasteiger partial charge on any atom is 0.220 e. The summed E-state index contributed by atoms with van der Waals surface area (Å²) in [6.07, 6.45) is 99.6. The SMILES string of the molecule is CC/C=C\C/C=C\C/C=C\C/C=C\C/C=C\C/C=C\CCCCCCCCCCCCCCCCCCC(=O)NC(CO)C(O)CCCCCCCCCCCCCCCCCCCCCCCCCCCCCCCCC. The first kappa shape index (κ1) is 75.8. The zero-order chi connectivity index (χ0) is 56.2. The third-order valence-corrected chi connectivity index (χ3v) is 16.2. The minimum atomic E-state index is -0.664. The van der Waals surface area contributed by atoms with Gasteiger partial charge in [-0.2, -0.15) is 0 Å². The first-order valence-corrected chi connectivity index (χ1v) is 35.1. The van der Waals surface area contributed by atoms with Gasteiger partial charge in [0.15, 0.2) is 0 Å². The van der Waals surface area contributed by atoms with Crippen LogP contribution in [0, 0.1) is 0 Å². The molecule has 3 N–H and O–H groups in total. The number of amides is 1. The van der Waals surface area contributed by atoms with Gasteiger partial charge in [0.05, 0.1) is 18.8 Å². The van der Waals surface area contributed by atoms with Crippen molar-refractivity contribution in [2.45, 2.75) is 386 Å². The Morgan fingerprint density at radius 3 is 0.846 bits per heavy atom. The minimum Gasteiger partial charge on any atom is -0.394 e. The number of carbonyl (C=O) groups is 1. The van der Waals surface area contributed by atoms with Gasteiger partial charge in [0.1, 0.15) is 0 Å². The molecule has 0 aromatic rings. The van der Waals surface area contributed by atoms with Gasteiger partial charge in [-0.05, 0) is 64.2 Å². The number of allylic oxidation sites excluding steroid dienone is 12. The molecule has 0 aliphatic heterocycles. The van der Waals surface area contributed by atoms with Crippen LogP contribution in [0.1, 0.15) is 373 Å². The molecule has 0 saturated carbocycles. The number of hydrogen-bond donors (Lipinski definition) is 3. The monoisotopic (exact) mass is 1090 g/mol. The van der Waals surface area contributed by atoms with Crippen molar-refractivity contribution in [3.63, 3.8) is 0 Å². The van der Waals surface area contributed by atoms with Gasteiger partial charge in [0, 0.05) is 6.42 Å². The van der Waals surface area contributed by atoms with Crippen molar-refractivity contribution < 1.29 is 15.0 Å². The molecule has 0 bridgehead atoms. The Hall–Kier alpha value is -2.17. The van der Waals surface area contributed by atoms with Crippen LogP contribution in [0.3, 0.4) is 0 Å². The fourth-order valence-corrected chi connectivity index (χ4v) is 11.0. The molecule has 0 aromatic carbocycles. The highest BCUT2D eigenvalue weighted by Crippen LogP contribution is 2.19. The predicted octanol–water partition coefficient (Wildman–Crippen LogP) is 24.0. The Morgan fingerprint density at radius 1 is 0.321 bits per heavy atom. The van der Waals surface area contributed by atoms with Gasteiger partial charge >= 0.3 is 0 Å². The number of rotatable bonds is 65. The van der Waals surface area contributed by atoms with E-state index in [1.54, 1.807) is 0 Å². The molecule has 0 saturated heterocycles. The number of hydrogen-bond acceptors (Lipinski definition) is 3. The van der Waals surface area contributed by atoms with Crippen molar-refractivity contribution in [3.05, 3.63) is 72.9 Å². The molecule has 1 amide bonds. The maximum absolute atomic E-state index is 12.6. The van der Waals surface area contributed by atoms with Crippen molar-refractivity contribution >= 4 is 5.91 Å². The van der Waals surface area contributed by atoms with Crippen LogP contribution in [0.15, 0.2) is 72.9 Å². The highest BCUT2D eigenvalue weighted by atomic mass is 16.3. The van der Waals surface area contributed by atoms with E-state index >= 15 is 0 Å². The van der Waals surface area contributed by atoms with E-state index in [9.17, 15) is 15.0 Å². The summed E-state index contributed by atoms with van der Waals surface area (Å²) in [5.74, 6) is -0.0270. The summed E-state index contributed by atoms with van der Waals surface area (Å²) in [6.45, 7) is 4.28. The second-order valence-corrected chi connectivity index (χ2v) is 23.9. The lowest BCUT2D eigenvalue weighted by Gasteiger charge is -2.22. The van der Waals surface area contributed by atoms with E-state index in [1.165, 1.54) is 283 Å². The fraction of sp³-hybridized carbons (Fsp3) is 0.824. The van der Waals surface area contributed by atoms with Gasteiger partial charge in [-0.15, -0.1) is 0 Å². The largest absolute Gasteiger partial charge is 0.394 e. The van der Waals surface area contributed by atoms with Crippen LogP contribution in [-0.4, -0.2) is 34.9 Å². The number of aliphatic hydroxyl groups is 2. The van der Waals surface area contributed by atoms with E-state index in [0.29, 0.717) is 12.8 Å². The van der Waals surface area contributed by atoms with E-state index < -0.39 is 12.1 Å². The van der Waals surface area contributed by atoms with Crippen LogP contribution >= 0.6 is 0 Å². The van der Waals surface area contributed by atoms with Crippen molar-refractivity contribution in [1.29, 1.82) is 0 Å². The lowest BCUT2D eigenvalue weighted by Crippen LogP contribution is -2.45. The Balaban J connectivity index is 3.43. The molecular weight excluding hydrogens is 951 g/mol. The Bertz CT molecular complexity index is 1330. The fourth-order valence-electron chi connectivity index (χ4n) is 11.0. The molecular formula is C74H137NO3. The molecule has 78 heavy (non-hydrogen) atoms. The van der Waals surface area contributed by atoms with Gasteiger partial charge in [0.25, 0.3) is 0 Å². The topological polar surface area (TPSA) is 69.6 Å². The van der Waals surface area contributed by atoms with E-state index in [-0.39, 0.29) is 12.5 Å². The van der Waals surface area contributed by atoms with Crippen molar-refractivity contribution in [2.75, 3.05) is 6.61 Å². The van der Waals surface area contributed by atoms with Crippen LogP contribution in [0.5, 0.6) is 0 Å². The van der Waals surface area contributed by atoms with E-state index in [0.717, 1.165) is 64.2 Å². The molecule has 4 heteroatoms. The summed E-state index contributed by atoms with van der Waals surface area (Å²) in [4.78, 5) is 12.6. The molecule has 0 fully saturated rings. The smallest absolute Gasteiger partial charge is 0.220 e. The Labute approximate surface area is 489 Å². The molecule has 0 heterocycles. The third kappa shape index (κ3) is 64.6. The summed E-state index contributed by atoms with van der Waals surface area (Å²) in [6, 6.07) is -0.541. The summed E-state index contributed by atoms with van der Waals surface area (Å²) in [5.41, 5.74) is 0. The number of nitrogens with one attached hydrogen (secondary N) is 1. The normalized spacial score (nSPS) is 13.1. The zero-order valence-electron chi connectivity index (χ0n) is 52.7. The van der Waals surface area contributed by atoms with Crippen molar-refractivity contribution in [1.82, 2.24) is 5.32 Å². The van der Waals surface area contributed by atoms with Gasteiger partial charge in [-0.1, -0.05) is 376 Å². The van der Waals surface area contributed by atoms with Crippen LogP contribution in [0.2, 0.25) is 0 Å². The average molecular weight is 1090 g/mol. The molecule has 4 nitrogen and oxygen atoms in total. The summed E-state index contributed by atoms with van der Waals surface area (Å²) in [5, 5.41) is 23.5. The van der Waals surface area contributed by atoms with E-state index in [1.807, 2.05) is 0 Å². The van der Waals surface area contributed by atoms with Crippen molar-refractivity contribution in [3.8, 4) is 0 Å². The molecule has 0 aliphatic rings. The summed E-state index contributed by atoms with van der Waals surface area (Å²) in [7, 11) is 0.